The zero-order valence-electron chi connectivity index (χ0n) is 13.6. The zero-order valence-corrected chi connectivity index (χ0v) is 15.3. The Kier molecular flexibility index (Phi) is 4.42. The highest BCUT2D eigenvalue weighted by atomic mass is 32.2. The van der Waals surface area contributed by atoms with Gasteiger partial charge >= 0.3 is 5.97 Å². The maximum atomic E-state index is 12.3. The van der Waals surface area contributed by atoms with Crippen LogP contribution in [0.25, 0.3) is 15.7 Å². The monoisotopic (exact) mass is 400 g/mol. The number of rotatable bonds is 5. The van der Waals surface area contributed by atoms with Gasteiger partial charge in [-0.05, 0) is 6.07 Å². The minimum absolute atomic E-state index is 0.117. The summed E-state index contributed by atoms with van der Waals surface area (Å²) in [5, 5.41) is 29.1. The predicted octanol–water partition coefficient (Wildman–Crippen LogP) is 2.62. The van der Waals surface area contributed by atoms with Crippen LogP contribution in [0.4, 0.5) is 0 Å². The maximum absolute atomic E-state index is 12.3. The van der Waals surface area contributed by atoms with Crippen LogP contribution in [0.5, 0.6) is 5.75 Å². The molecule has 0 radical (unpaired) electrons. The van der Waals surface area contributed by atoms with Crippen molar-refractivity contribution in [3.8, 4) is 5.75 Å². The molecule has 1 amide bonds. The highest BCUT2D eigenvalue weighted by Crippen LogP contribution is 2.39. The van der Waals surface area contributed by atoms with E-state index in [0.29, 0.717) is 5.03 Å². The molecule has 0 bridgehead atoms. The van der Waals surface area contributed by atoms with E-state index in [9.17, 15) is 14.7 Å². The van der Waals surface area contributed by atoms with Crippen LogP contribution in [-0.2, 0) is 4.79 Å². The molecule has 0 fully saturated rings. The van der Waals surface area contributed by atoms with Crippen molar-refractivity contribution in [1.82, 2.24) is 19.9 Å². The summed E-state index contributed by atoms with van der Waals surface area (Å²) in [4.78, 5) is 28.0. The molecule has 0 saturated heterocycles. The maximum Gasteiger partial charge on any atom is 0.322 e. The number of thiophene rings is 1. The quantitative estimate of drug-likeness (QED) is 0.471. The second kappa shape index (κ2) is 6.89. The fourth-order valence-electron chi connectivity index (χ4n) is 2.62. The van der Waals surface area contributed by atoms with Crippen LogP contribution >= 0.6 is 23.1 Å². The number of aromatic nitrogens is 3. The van der Waals surface area contributed by atoms with Crippen LogP contribution in [0.2, 0.25) is 0 Å². The number of carboxylic acids is 1. The van der Waals surface area contributed by atoms with Crippen LogP contribution in [0.3, 0.4) is 0 Å². The molecule has 0 aliphatic heterocycles. The van der Waals surface area contributed by atoms with Crippen molar-refractivity contribution in [2.75, 3.05) is 6.54 Å². The summed E-state index contributed by atoms with van der Waals surface area (Å²) >= 11 is 3.01. The van der Waals surface area contributed by atoms with E-state index in [-0.39, 0.29) is 17.0 Å². The Morgan fingerprint density at radius 2 is 2.11 bits per heavy atom. The number of hydrogen-bond acceptors (Lipinski definition) is 7. The molecule has 0 aliphatic carbocycles. The van der Waals surface area contributed by atoms with E-state index in [0.717, 1.165) is 15.0 Å². The van der Waals surface area contributed by atoms with Crippen LogP contribution < -0.4 is 5.32 Å². The number of aliphatic carboxylic acids is 1. The molecule has 8 nitrogen and oxygen atoms in total. The van der Waals surface area contributed by atoms with Crippen LogP contribution in [-0.4, -0.2) is 43.2 Å². The molecule has 3 N–H and O–H groups in total. The van der Waals surface area contributed by atoms with Gasteiger partial charge in [-0.25, -0.2) is 9.50 Å². The van der Waals surface area contributed by atoms with E-state index >= 15 is 0 Å². The van der Waals surface area contributed by atoms with Crippen molar-refractivity contribution in [3.05, 3.63) is 47.6 Å². The van der Waals surface area contributed by atoms with Gasteiger partial charge in [0.25, 0.3) is 5.91 Å². The fraction of sp³-hybridized carbons (Fsp3) is 0.0588. The van der Waals surface area contributed by atoms with E-state index in [1.54, 1.807) is 11.3 Å². The number of benzene rings is 1. The first-order valence-corrected chi connectivity index (χ1v) is 9.44. The van der Waals surface area contributed by atoms with Gasteiger partial charge < -0.3 is 15.5 Å². The number of carbonyl (C=O) groups excluding carboxylic acids is 1. The van der Waals surface area contributed by atoms with E-state index in [1.807, 2.05) is 29.6 Å². The van der Waals surface area contributed by atoms with Gasteiger partial charge in [-0.2, -0.15) is 5.10 Å². The Labute approximate surface area is 160 Å². The Morgan fingerprint density at radius 3 is 2.93 bits per heavy atom. The van der Waals surface area contributed by atoms with Gasteiger partial charge in [0.15, 0.2) is 5.65 Å². The Balaban J connectivity index is 1.75. The standard InChI is InChI=1S/C17H12N4O4S2/c22-10-5-13(27-12-7-26-11-4-2-1-3-9(11)12)21-16(19-8-20-21)15(10)17(25)18-6-14(23)24/h1-5,7-8,22H,6H2,(H,18,25)(H,23,24). The second-order valence-electron chi connectivity index (χ2n) is 5.51. The molecule has 3 heterocycles. The smallest absolute Gasteiger partial charge is 0.322 e. The summed E-state index contributed by atoms with van der Waals surface area (Å²) in [5.74, 6) is -2.21. The lowest BCUT2D eigenvalue weighted by Gasteiger charge is -2.10. The second-order valence-corrected chi connectivity index (χ2v) is 7.49. The van der Waals surface area contributed by atoms with Crippen molar-refractivity contribution >= 4 is 50.7 Å². The van der Waals surface area contributed by atoms with Crippen LogP contribution in [0, 0.1) is 0 Å². The number of aromatic hydroxyl groups is 1. The fourth-order valence-corrected chi connectivity index (χ4v) is 4.75. The minimum Gasteiger partial charge on any atom is -0.507 e. The highest BCUT2D eigenvalue weighted by molar-refractivity contribution is 7.99. The average Bonchev–Trinajstić information content (AvgIpc) is 3.27. The molecule has 0 unspecified atom stereocenters. The molecule has 4 rings (SSSR count). The number of carboxylic acid groups (broad SMARTS) is 1. The topological polar surface area (TPSA) is 117 Å². The molecule has 4 aromatic rings. The van der Waals surface area contributed by atoms with Crippen LogP contribution in [0.15, 0.2) is 52.0 Å². The number of amides is 1. The van der Waals surface area contributed by atoms with Crippen molar-refractivity contribution in [1.29, 1.82) is 0 Å². The van der Waals surface area contributed by atoms with E-state index in [1.165, 1.54) is 28.7 Å². The zero-order chi connectivity index (χ0) is 19.0. The normalized spacial score (nSPS) is 11.1. The first-order chi connectivity index (χ1) is 13.0. The van der Waals surface area contributed by atoms with Crippen molar-refractivity contribution in [3.63, 3.8) is 0 Å². The summed E-state index contributed by atoms with van der Waals surface area (Å²) in [5.41, 5.74) is 0.0354. The molecule has 3 aromatic heterocycles. The van der Waals surface area contributed by atoms with E-state index in [4.69, 9.17) is 5.11 Å². The third-order valence-electron chi connectivity index (χ3n) is 3.78. The average molecular weight is 400 g/mol. The minimum atomic E-state index is -1.18. The summed E-state index contributed by atoms with van der Waals surface area (Å²) in [6.07, 6.45) is 1.28. The van der Waals surface area contributed by atoms with Gasteiger partial charge in [-0.3, -0.25) is 9.59 Å². The highest BCUT2D eigenvalue weighted by Gasteiger charge is 2.21. The number of nitrogens with one attached hydrogen (secondary N) is 1. The summed E-state index contributed by atoms with van der Waals surface area (Å²) in [6.45, 7) is -0.560. The first-order valence-electron chi connectivity index (χ1n) is 7.74. The van der Waals surface area contributed by atoms with Gasteiger partial charge in [0.2, 0.25) is 0 Å². The Bertz CT molecular complexity index is 1180. The predicted molar refractivity (Wildman–Crippen MR) is 101 cm³/mol. The SMILES string of the molecule is O=C(O)CNC(=O)c1c(O)cc(Sc2csc3ccccc23)n2ncnc12. The number of pyridine rings is 1. The van der Waals surface area contributed by atoms with Gasteiger partial charge in [-0.1, -0.05) is 30.0 Å². The van der Waals surface area contributed by atoms with Crippen LogP contribution in [0.1, 0.15) is 10.4 Å². The number of carbonyl (C=O) groups is 2. The molecule has 10 heteroatoms. The molecule has 136 valence electrons. The summed E-state index contributed by atoms with van der Waals surface area (Å²) in [7, 11) is 0. The number of fused-ring (bicyclic) bond motifs is 2. The van der Waals surface area contributed by atoms with E-state index in [2.05, 4.69) is 15.4 Å². The Hall–Kier alpha value is -3.11. The number of nitrogens with zero attached hydrogens (tertiary/aromatic N) is 3. The Morgan fingerprint density at radius 1 is 1.30 bits per heavy atom. The lowest BCUT2D eigenvalue weighted by molar-refractivity contribution is -0.135. The molecule has 0 saturated carbocycles. The third-order valence-corrected chi connectivity index (χ3v) is 5.95. The third kappa shape index (κ3) is 3.20. The summed E-state index contributed by atoms with van der Waals surface area (Å²) in [6, 6.07) is 9.40. The molecular formula is C17H12N4O4S2. The molecule has 1 aromatic carbocycles. The van der Waals surface area contributed by atoms with Gasteiger partial charge in [0, 0.05) is 26.4 Å². The van der Waals surface area contributed by atoms with Crippen molar-refractivity contribution in [2.24, 2.45) is 0 Å². The van der Waals surface area contributed by atoms with Crippen molar-refractivity contribution in [2.45, 2.75) is 9.92 Å². The molecule has 0 spiro atoms. The first kappa shape index (κ1) is 17.3. The molecular weight excluding hydrogens is 388 g/mol. The number of hydrogen-bond donors (Lipinski definition) is 3. The lowest BCUT2D eigenvalue weighted by atomic mass is 10.2. The van der Waals surface area contributed by atoms with Gasteiger partial charge in [0.05, 0.1) is 0 Å². The van der Waals surface area contributed by atoms with Gasteiger partial charge in [-0.15, -0.1) is 11.3 Å². The summed E-state index contributed by atoms with van der Waals surface area (Å²) < 4.78 is 2.59. The molecule has 27 heavy (non-hydrogen) atoms. The molecule has 0 aliphatic rings. The largest absolute Gasteiger partial charge is 0.507 e. The van der Waals surface area contributed by atoms with E-state index < -0.39 is 18.4 Å². The molecule has 0 atom stereocenters. The van der Waals surface area contributed by atoms with Crippen molar-refractivity contribution < 1.29 is 19.8 Å². The van der Waals surface area contributed by atoms with Gasteiger partial charge in [0.1, 0.15) is 29.2 Å². The lowest BCUT2D eigenvalue weighted by Crippen LogP contribution is -2.29.